The van der Waals surface area contributed by atoms with Crippen LogP contribution in [0.15, 0.2) is 24.3 Å². The molecule has 94 valence electrons. The van der Waals surface area contributed by atoms with E-state index >= 15 is 0 Å². The van der Waals surface area contributed by atoms with Crippen LogP contribution in [0, 0.1) is 5.82 Å². The van der Waals surface area contributed by atoms with E-state index < -0.39 is 0 Å². The molecule has 1 heterocycles. The number of benzene rings is 1. The van der Waals surface area contributed by atoms with Crippen molar-refractivity contribution >= 4 is 18.2 Å². The van der Waals surface area contributed by atoms with E-state index in [1.54, 1.807) is 12.1 Å². The molecular weight excluding hydrogens is 241 g/mol. The van der Waals surface area contributed by atoms with Gasteiger partial charge in [0.1, 0.15) is 5.82 Å². The number of ketones is 1. The Kier molecular flexibility index (Phi) is 5.59. The predicted octanol–water partition coefficient (Wildman–Crippen LogP) is 2.92. The Balaban J connectivity index is 0.00000144. The minimum atomic E-state index is -0.295. The molecule has 0 atom stereocenters. The van der Waals surface area contributed by atoms with Gasteiger partial charge in [0.2, 0.25) is 0 Å². The highest BCUT2D eigenvalue weighted by atomic mass is 35.5. The third-order valence-electron chi connectivity index (χ3n) is 3.02. The largest absolute Gasteiger partial charge is 0.303 e. The molecule has 1 aromatic rings. The Labute approximate surface area is 107 Å². The summed E-state index contributed by atoms with van der Waals surface area (Å²) in [5.74, 6) is -0.192. The molecule has 17 heavy (non-hydrogen) atoms. The third-order valence-corrected chi connectivity index (χ3v) is 3.02. The van der Waals surface area contributed by atoms with E-state index in [4.69, 9.17) is 0 Å². The molecule has 0 spiro atoms. The molecule has 0 bridgehead atoms. The van der Waals surface area contributed by atoms with Crippen LogP contribution in [0.25, 0.3) is 0 Å². The van der Waals surface area contributed by atoms with Gasteiger partial charge in [-0.25, -0.2) is 4.39 Å². The zero-order chi connectivity index (χ0) is 11.4. The summed E-state index contributed by atoms with van der Waals surface area (Å²) in [7, 11) is 0. The van der Waals surface area contributed by atoms with E-state index in [9.17, 15) is 9.18 Å². The van der Waals surface area contributed by atoms with Gasteiger partial charge in [-0.1, -0.05) is 0 Å². The number of halogens is 2. The van der Waals surface area contributed by atoms with Crippen molar-refractivity contribution < 1.29 is 9.18 Å². The minimum absolute atomic E-state index is 0. The van der Waals surface area contributed by atoms with Crippen LogP contribution in [0.3, 0.4) is 0 Å². The molecule has 2 nitrogen and oxygen atoms in total. The average molecular weight is 258 g/mol. The summed E-state index contributed by atoms with van der Waals surface area (Å²) in [6, 6.07) is 5.79. The van der Waals surface area contributed by atoms with Gasteiger partial charge in [-0.15, -0.1) is 12.4 Å². The van der Waals surface area contributed by atoms with Gasteiger partial charge in [-0.05, 0) is 50.2 Å². The molecular formula is C13H17ClFNO. The van der Waals surface area contributed by atoms with Crippen LogP contribution >= 0.6 is 12.4 Å². The fraction of sp³-hybridized carbons (Fsp3) is 0.462. The van der Waals surface area contributed by atoms with Gasteiger partial charge in [-0.3, -0.25) is 4.79 Å². The highest BCUT2D eigenvalue weighted by Gasteiger charge is 2.13. The standard InChI is InChI=1S/C13H16FNO.ClH/c14-12-5-3-11(4-6-12)13(16)7-10-15-8-1-2-9-15;/h3-6H,1-2,7-10H2;1H. The van der Waals surface area contributed by atoms with E-state index in [2.05, 4.69) is 4.90 Å². The van der Waals surface area contributed by atoms with Gasteiger partial charge in [-0.2, -0.15) is 0 Å². The molecule has 1 fully saturated rings. The molecule has 0 radical (unpaired) electrons. The molecule has 2 rings (SSSR count). The van der Waals surface area contributed by atoms with Gasteiger partial charge < -0.3 is 4.90 Å². The molecule has 1 aliphatic heterocycles. The molecule has 4 heteroatoms. The molecule has 1 saturated heterocycles. The molecule has 0 aromatic heterocycles. The molecule has 0 unspecified atom stereocenters. The number of Topliss-reactive ketones (excluding diaryl/α,β-unsaturated/α-hetero) is 1. The van der Waals surface area contributed by atoms with Crippen LogP contribution in [-0.4, -0.2) is 30.3 Å². The average Bonchev–Trinajstić information content (AvgIpc) is 2.80. The summed E-state index contributed by atoms with van der Waals surface area (Å²) in [4.78, 5) is 14.1. The van der Waals surface area contributed by atoms with E-state index in [1.165, 1.54) is 25.0 Å². The van der Waals surface area contributed by atoms with Gasteiger partial charge in [0.15, 0.2) is 5.78 Å². The van der Waals surface area contributed by atoms with Crippen molar-refractivity contribution in [2.75, 3.05) is 19.6 Å². The summed E-state index contributed by atoms with van der Waals surface area (Å²) < 4.78 is 12.7. The first-order chi connectivity index (χ1) is 7.75. The Morgan fingerprint density at radius 1 is 1.18 bits per heavy atom. The van der Waals surface area contributed by atoms with Gasteiger partial charge in [0.05, 0.1) is 0 Å². The maximum Gasteiger partial charge on any atom is 0.164 e. The van der Waals surface area contributed by atoms with Crippen molar-refractivity contribution in [2.45, 2.75) is 19.3 Å². The zero-order valence-corrected chi connectivity index (χ0v) is 10.5. The lowest BCUT2D eigenvalue weighted by Crippen LogP contribution is -2.22. The fourth-order valence-electron chi connectivity index (χ4n) is 2.05. The number of nitrogens with zero attached hydrogens (tertiary/aromatic N) is 1. The second-order valence-corrected chi connectivity index (χ2v) is 4.23. The van der Waals surface area contributed by atoms with Crippen LogP contribution < -0.4 is 0 Å². The van der Waals surface area contributed by atoms with Crippen molar-refractivity contribution in [1.29, 1.82) is 0 Å². The second-order valence-electron chi connectivity index (χ2n) is 4.23. The fourth-order valence-corrected chi connectivity index (χ4v) is 2.05. The normalized spacial score (nSPS) is 15.6. The van der Waals surface area contributed by atoms with Crippen molar-refractivity contribution in [3.05, 3.63) is 35.6 Å². The lowest BCUT2D eigenvalue weighted by molar-refractivity contribution is 0.0969. The van der Waals surface area contributed by atoms with Crippen molar-refractivity contribution in [3.63, 3.8) is 0 Å². The lowest BCUT2D eigenvalue weighted by Gasteiger charge is -2.13. The highest BCUT2D eigenvalue weighted by Crippen LogP contribution is 2.10. The van der Waals surface area contributed by atoms with E-state index in [-0.39, 0.29) is 24.0 Å². The van der Waals surface area contributed by atoms with Crippen LogP contribution in [0.2, 0.25) is 0 Å². The van der Waals surface area contributed by atoms with Crippen molar-refractivity contribution in [3.8, 4) is 0 Å². The topological polar surface area (TPSA) is 20.3 Å². The van der Waals surface area contributed by atoms with Crippen molar-refractivity contribution in [2.24, 2.45) is 0 Å². The minimum Gasteiger partial charge on any atom is -0.303 e. The lowest BCUT2D eigenvalue weighted by atomic mass is 10.1. The monoisotopic (exact) mass is 257 g/mol. The maximum absolute atomic E-state index is 12.7. The number of hydrogen-bond acceptors (Lipinski definition) is 2. The summed E-state index contributed by atoms with van der Waals surface area (Å²) in [5.41, 5.74) is 0.612. The maximum atomic E-state index is 12.7. The Bertz CT molecular complexity index is 360. The summed E-state index contributed by atoms with van der Waals surface area (Å²) in [6.45, 7) is 3.05. The number of rotatable bonds is 4. The van der Waals surface area contributed by atoms with Crippen LogP contribution in [-0.2, 0) is 0 Å². The summed E-state index contributed by atoms with van der Waals surface area (Å²) in [6.07, 6.45) is 3.01. The SMILES string of the molecule is Cl.O=C(CCN1CCCC1)c1ccc(F)cc1. The zero-order valence-electron chi connectivity index (χ0n) is 9.69. The van der Waals surface area contributed by atoms with Crippen LogP contribution in [0.5, 0.6) is 0 Å². The van der Waals surface area contributed by atoms with Crippen LogP contribution in [0.1, 0.15) is 29.6 Å². The quantitative estimate of drug-likeness (QED) is 0.773. The van der Waals surface area contributed by atoms with E-state index in [0.717, 1.165) is 19.6 Å². The molecule has 1 aliphatic rings. The first-order valence-corrected chi connectivity index (χ1v) is 5.77. The highest BCUT2D eigenvalue weighted by molar-refractivity contribution is 5.96. The molecule has 1 aromatic carbocycles. The number of carbonyl (C=O) groups excluding carboxylic acids is 1. The first kappa shape index (κ1) is 14.1. The molecule has 0 saturated carbocycles. The Morgan fingerprint density at radius 2 is 1.76 bits per heavy atom. The molecule has 0 aliphatic carbocycles. The first-order valence-electron chi connectivity index (χ1n) is 5.77. The van der Waals surface area contributed by atoms with Gasteiger partial charge >= 0.3 is 0 Å². The number of carbonyl (C=O) groups is 1. The number of likely N-dealkylation sites (tertiary alicyclic amines) is 1. The predicted molar refractivity (Wildman–Crippen MR) is 68.3 cm³/mol. The Hall–Kier alpha value is -0.930. The van der Waals surface area contributed by atoms with Gasteiger partial charge in [0.25, 0.3) is 0 Å². The third kappa shape index (κ3) is 4.10. The summed E-state index contributed by atoms with van der Waals surface area (Å²) in [5, 5.41) is 0. The number of hydrogen-bond donors (Lipinski definition) is 0. The van der Waals surface area contributed by atoms with E-state index in [0.29, 0.717) is 12.0 Å². The second kappa shape index (κ2) is 6.72. The molecule has 0 N–H and O–H groups in total. The van der Waals surface area contributed by atoms with Gasteiger partial charge in [0, 0.05) is 18.5 Å². The van der Waals surface area contributed by atoms with Crippen molar-refractivity contribution in [1.82, 2.24) is 4.90 Å². The van der Waals surface area contributed by atoms with Crippen LogP contribution in [0.4, 0.5) is 4.39 Å². The van der Waals surface area contributed by atoms with E-state index in [1.807, 2.05) is 0 Å². The molecule has 0 amide bonds. The smallest absolute Gasteiger partial charge is 0.164 e. The Morgan fingerprint density at radius 3 is 2.35 bits per heavy atom. The summed E-state index contributed by atoms with van der Waals surface area (Å²) >= 11 is 0.